The fraction of sp³-hybridized carbons (Fsp3) is 0.0698. The monoisotopic (exact) mass is 673 g/mol. The van der Waals surface area contributed by atoms with Gasteiger partial charge in [-0.05, 0) is 16.7 Å². The molecule has 6 aromatic carbocycles. The highest BCUT2D eigenvalue weighted by atomic mass is 32.2. The average molecular weight is 674 g/mol. The lowest BCUT2D eigenvalue weighted by Crippen LogP contribution is -2.53. The van der Waals surface area contributed by atoms with Crippen molar-refractivity contribution in [2.75, 3.05) is 5.88 Å². The molecule has 6 aromatic rings. The SMILES string of the molecule is O=C(O)C(=NOC(c1ccccc1)(c1ccccc1)c1ccccc1)C1=CSCN1NC(c1ccccc1)(c1ccccc1)c1ccccc1. The first-order chi connectivity index (χ1) is 24.6. The summed E-state index contributed by atoms with van der Waals surface area (Å²) in [6.07, 6.45) is 0. The molecule has 0 spiro atoms. The molecule has 0 unspecified atom stereocenters. The van der Waals surface area contributed by atoms with Crippen LogP contribution in [0.3, 0.4) is 0 Å². The maximum absolute atomic E-state index is 13.2. The van der Waals surface area contributed by atoms with Gasteiger partial charge in [-0.2, -0.15) is 0 Å². The number of hydrogen-bond acceptors (Lipinski definition) is 6. The minimum absolute atomic E-state index is 0.224. The predicted octanol–water partition coefficient (Wildman–Crippen LogP) is 8.78. The lowest BCUT2D eigenvalue weighted by atomic mass is 9.77. The summed E-state index contributed by atoms with van der Waals surface area (Å²) in [4.78, 5) is 19.9. The van der Waals surface area contributed by atoms with E-state index in [1.54, 1.807) is 0 Å². The molecule has 0 radical (unpaired) electrons. The van der Waals surface area contributed by atoms with E-state index in [4.69, 9.17) is 4.84 Å². The number of nitrogens with zero attached hydrogens (tertiary/aromatic N) is 2. The van der Waals surface area contributed by atoms with Gasteiger partial charge in [0.25, 0.3) is 0 Å². The van der Waals surface area contributed by atoms with E-state index in [-0.39, 0.29) is 5.71 Å². The molecule has 6 nitrogen and oxygen atoms in total. The molecule has 0 atom stereocenters. The fourth-order valence-corrected chi connectivity index (χ4v) is 7.37. The third-order valence-corrected chi connectivity index (χ3v) is 9.67. The number of carbonyl (C=O) groups is 1. The van der Waals surface area contributed by atoms with Gasteiger partial charge < -0.3 is 9.94 Å². The third kappa shape index (κ3) is 6.20. The van der Waals surface area contributed by atoms with Crippen LogP contribution in [0.15, 0.2) is 198 Å². The van der Waals surface area contributed by atoms with Gasteiger partial charge in [-0.1, -0.05) is 187 Å². The van der Waals surface area contributed by atoms with Crippen LogP contribution in [0.2, 0.25) is 0 Å². The van der Waals surface area contributed by atoms with Crippen LogP contribution in [-0.2, 0) is 20.8 Å². The number of nitrogens with one attached hydrogen (secondary N) is 1. The number of aliphatic carboxylic acids is 1. The molecule has 1 aliphatic heterocycles. The Morgan fingerprint density at radius 3 is 1.26 bits per heavy atom. The van der Waals surface area contributed by atoms with Gasteiger partial charge in [0, 0.05) is 22.1 Å². The first-order valence-corrected chi connectivity index (χ1v) is 17.4. The van der Waals surface area contributed by atoms with Gasteiger partial charge in [0.2, 0.25) is 11.3 Å². The predicted molar refractivity (Wildman–Crippen MR) is 200 cm³/mol. The summed E-state index contributed by atoms with van der Waals surface area (Å²) in [7, 11) is 0. The molecule has 0 saturated carbocycles. The van der Waals surface area contributed by atoms with Gasteiger partial charge in [0.1, 0.15) is 5.54 Å². The van der Waals surface area contributed by atoms with Crippen molar-refractivity contribution in [3.63, 3.8) is 0 Å². The fourth-order valence-electron chi connectivity index (χ4n) is 6.55. The Morgan fingerprint density at radius 2 is 0.920 bits per heavy atom. The Morgan fingerprint density at radius 1 is 0.580 bits per heavy atom. The standard InChI is InChI=1S/C43H35N3O3S/c47-41(48)40(44-49-43(36-25-13-4-14-26-36,37-27-15-5-16-28-37)38-29-17-6-18-30-38)39-31-50-32-46(39)45-42(33-19-7-1-8-20-33,34-21-9-2-10-22-34)35-23-11-3-12-24-35/h1-31,45H,32H2,(H,47,48). The van der Waals surface area contributed by atoms with Gasteiger partial charge in [-0.15, -0.1) is 11.8 Å². The zero-order valence-corrected chi connectivity index (χ0v) is 28.0. The maximum Gasteiger partial charge on any atom is 0.360 e. The topological polar surface area (TPSA) is 74.2 Å². The highest BCUT2D eigenvalue weighted by Crippen LogP contribution is 2.42. The lowest BCUT2D eigenvalue weighted by molar-refractivity contribution is -0.129. The summed E-state index contributed by atoms with van der Waals surface area (Å²) in [5.41, 5.74) is 7.27. The van der Waals surface area contributed by atoms with Crippen molar-refractivity contribution in [1.29, 1.82) is 0 Å². The van der Waals surface area contributed by atoms with Gasteiger partial charge >= 0.3 is 5.97 Å². The number of thioether (sulfide) groups is 1. The zero-order valence-electron chi connectivity index (χ0n) is 27.2. The van der Waals surface area contributed by atoms with Crippen LogP contribution >= 0.6 is 11.8 Å². The highest BCUT2D eigenvalue weighted by Gasteiger charge is 2.42. The zero-order chi connectivity index (χ0) is 34.2. The quantitative estimate of drug-likeness (QED) is 0.0769. The first-order valence-electron chi connectivity index (χ1n) is 16.3. The Bertz CT molecular complexity index is 1880. The molecule has 1 aliphatic rings. The number of benzene rings is 6. The minimum Gasteiger partial charge on any atom is -0.476 e. The van der Waals surface area contributed by atoms with Crippen molar-refractivity contribution in [2.24, 2.45) is 5.16 Å². The number of rotatable bonds is 12. The number of hydrogen-bond donors (Lipinski definition) is 2. The summed E-state index contributed by atoms with van der Waals surface area (Å²) < 4.78 is 0. The van der Waals surface area contributed by atoms with E-state index in [1.807, 2.05) is 156 Å². The van der Waals surface area contributed by atoms with E-state index in [0.717, 1.165) is 33.4 Å². The summed E-state index contributed by atoms with van der Waals surface area (Å²) in [6.45, 7) is 0. The number of hydrazine groups is 1. The van der Waals surface area contributed by atoms with Crippen molar-refractivity contribution in [2.45, 2.75) is 11.1 Å². The van der Waals surface area contributed by atoms with Crippen molar-refractivity contribution >= 4 is 23.4 Å². The van der Waals surface area contributed by atoms with Gasteiger partial charge in [-0.3, -0.25) is 5.01 Å². The van der Waals surface area contributed by atoms with E-state index < -0.39 is 17.1 Å². The number of carboxylic acids is 1. The van der Waals surface area contributed by atoms with Crippen LogP contribution in [0.25, 0.3) is 0 Å². The molecule has 246 valence electrons. The second-order valence-electron chi connectivity index (χ2n) is 11.8. The van der Waals surface area contributed by atoms with E-state index >= 15 is 0 Å². The second kappa shape index (κ2) is 14.7. The molecule has 50 heavy (non-hydrogen) atoms. The number of oxime groups is 1. The van der Waals surface area contributed by atoms with E-state index in [0.29, 0.717) is 11.6 Å². The van der Waals surface area contributed by atoms with Crippen LogP contribution in [0.1, 0.15) is 33.4 Å². The summed E-state index contributed by atoms with van der Waals surface area (Å²) in [5, 5.41) is 19.0. The molecule has 1 heterocycles. The average Bonchev–Trinajstić information content (AvgIpc) is 3.65. The van der Waals surface area contributed by atoms with Crippen molar-refractivity contribution in [3.05, 3.63) is 226 Å². The molecule has 7 rings (SSSR count). The first kappa shape index (κ1) is 32.6. The van der Waals surface area contributed by atoms with Gasteiger partial charge in [0.15, 0.2) is 0 Å². The van der Waals surface area contributed by atoms with E-state index in [1.165, 1.54) is 11.8 Å². The maximum atomic E-state index is 13.2. The summed E-state index contributed by atoms with van der Waals surface area (Å²) in [5.74, 6) is -0.768. The van der Waals surface area contributed by atoms with Crippen LogP contribution in [-0.4, -0.2) is 27.7 Å². The molecular formula is C43H35N3O3S. The molecule has 0 aliphatic carbocycles. The van der Waals surface area contributed by atoms with Gasteiger partial charge in [-0.25, -0.2) is 10.2 Å². The van der Waals surface area contributed by atoms with Gasteiger partial charge in [0.05, 0.1) is 11.6 Å². The molecule has 7 heteroatoms. The Hall–Kier alpha value is -5.89. The lowest BCUT2D eigenvalue weighted by Gasteiger charge is -2.41. The van der Waals surface area contributed by atoms with E-state index in [2.05, 4.69) is 47.0 Å². The van der Waals surface area contributed by atoms with Crippen molar-refractivity contribution in [1.82, 2.24) is 10.4 Å². The van der Waals surface area contributed by atoms with Crippen LogP contribution in [0.4, 0.5) is 0 Å². The van der Waals surface area contributed by atoms with Crippen LogP contribution in [0, 0.1) is 0 Å². The molecule has 2 N–H and O–H groups in total. The molecule has 0 bridgehead atoms. The summed E-state index contributed by atoms with van der Waals surface area (Å²) in [6, 6.07) is 59.9. The Labute approximate surface area is 296 Å². The molecule has 0 amide bonds. The van der Waals surface area contributed by atoms with Crippen molar-refractivity contribution < 1.29 is 14.7 Å². The number of carboxylic acid groups (broad SMARTS) is 1. The second-order valence-corrected chi connectivity index (χ2v) is 12.6. The highest BCUT2D eigenvalue weighted by molar-refractivity contribution is 8.02. The van der Waals surface area contributed by atoms with Crippen LogP contribution in [0.5, 0.6) is 0 Å². The molecule has 0 aromatic heterocycles. The van der Waals surface area contributed by atoms with Crippen LogP contribution < -0.4 is 5.43 Å². The third-order valence-electron chi connectivity index (χ3n) is 8.87. The molecular weight excluding hydrogens is 639 g/mol. The Balaban J connectivity index is 1.36. The van der Waals surface area contributed by atoms with Crippen molar-refractivity contribution in [3.8, 4) is 0 Å². The van der Waals surface area contributed by atoms with E-state index in [9.17, 15) is 9.90 Å². The minimum atomic E-state index is -1.24. The smallest absolute Gasteiger partial charge is 0.360 e. The largest absolute Gasteiger partial charge is 0.476 e. The molecule has 0 saturated heterocycles. The summed E-state index contributed by atoms with van der Waals surface area (Å²) >= 11 is 1.49. The Kier molecular flexibility index (Phi) is 9.60. The molecule has 0 fully saturated rings. The normalized spacial score (nSPS) is 13.5.